The number of hydrogen-bond donors (Lipinski definition) is 2. The van der Waals surface area contributed by atoms with Crippen molar-refractivity contribution in [2.45, 2.75) is 32.5 Å². The van der Waals surface area contributed by atoms with Gasteiger partial charge in [-0.25, -0.2) is 4.39 Å². The predicted molar refractivity (Wildman–Crippen MR) is 72.6 cm³/mol. The molecule has 1 heterocycles. The van der Waals surface area contributed by atoms with Gasteiger partial charge in [0.25, 0.3) is 0 Å². The Bertz CT molecular complexity index is 372. The second kappa shape index (κ2) is 6.36. The van der Waals surface area contributed by atoms with Gasteiger partial charge in [-0.3, -0.25) is 4.90 Å². The molecule has 18 heavy (non-hydrogen) atoms. The highest BCUT2D eigenvalue weighted by atomic mass is 35.5. The van der Waals surface area contributed by atoms with Gasteiger partial charge in [0.1, 0.15) is 11.6 Å². The molecule has 2 N–H and O–H groups in total. The number of phenols is 1. The van der Waals surface area contributed by atoms with Crippen LogP contribution in [0, 0.1) is 5.82 Å². The van der Waals surface area contributed by atoms with Crippen molar-refractivity contribution in [2.24, 2.45) is 0 Å². The summed E-state index contributed by atoms with van der Waals surface area (Å²) >= 11 is 0. The average Bonchev–Trinajstić information content (AvgIpc) is 2.13. The number of nitrogens with one attached hydrogen (secondary N) is 1. The van der Waals surface area contributed by atoms with Gasteiger partial charge >= 0.3 is 0 Å². The lowest BCUT2D eigenvalue weighted by Gasteiger charge is -2.36. The molecule has 5 heteroatoms. The zero-order valence-corrected chi connectivity index (χ0v) is 11.5. The number of halogens is 2. The second-order valence-electron chi connectivity index (χ2n) is 4.98. The Morgan fingerprint density at radius 2 is 1.89 bits per heavy atom. The highest BCUT2D eigenvalue weighted by molar-refractivity contribution is 5.85. The van der Waals surface area contributed by atoms with Gasteiger partial charge in [-0.1, -0.05) is 0 Å². The molecular weight excluding hydrogens is 255 g/mol. The van der Waals surface area contributed by atoms with E-state index >= 15 is 0 Å². The number of aromatic hydroxyl groups is 1. The molecule has 0 aromatic heterocycles. The fourth-order valence-electron chi connectivity index (χ4n) is 2.55. The lowest BCUT2D eigenvalue weighted by molar-refractivity contribution is 0.166. The van der Waals surface area contributed by atoms with Crippen molar-refractivity contribution in [1.29, 1.82) is 0 Å². The van der Waals surface area contributed by atoms with E-state index in [1.54, 1.807) is 6.07 Å². The van der Waals surface area contributed by atoms with E-state index in [0.717, 1.165) is 24.7 Å². The number of benzene rings is 1. The van der Waals surface area contributed by atoms with Crippen LogP contribution in [0.5, 0.6) is 5.75 Å². The first kappa shape index (κ1) is 15.2. The van der Waals surface area contributed by atoms with E-state index in [0.29, 0.717) is 18.6 Å². The Balaban J connectivity index is 0.00000162. The summed E-state index contributed by atoms with van der Waals surface area (Å²) in [5.74, 6) is -0.382. The largest absolute Gasteiger partial charge is 0.508 e. The molecule has 0 spiro atoms. The molecule has 2 atom stereocenters. The molecule has 0 saturated carbocycles. The molecule has 0 bridgehead atoms. The van der Waals surface area contributed by atoms with Crippen molar-refractivity contribution in [3.8, 4) is 5.75 Å². The monoisotopic (exact) mass is 274 g/mol. The SMILES string of the molecule is CC1CN(Cc2cc(O)cc(F)c2)CC(C)N1.Cl. The molecule has 0 amide bonds. The molecule has 2 rings (SSSR count). The number of nitrogens with zero attached hydrogens (tertiary/aromatic N) is 1. The van der Waals surface area contributed by atoms with E-state index in [-0.39, 0.29) is 24.0 Å². The first-order valence-corrected chi connectivity index (χ1v) is 6.00. The highest BCUT2D eigenvalue weighted by Gasteiger charge is 2.20. The maximum atomic E-state index is 13.1. The van der Waals surface area contributed by atoms with Gasteiger partial charge in [-0.05, 0) is 31.5 Å². The van der Waals surface area contributed by atoms with Crippen LogP contribution in [0.3, 0.4) is 0 Å². The predicted octanol–water partition coefficient (Wildman–Crippen LogP) is 2.14. The molecule has 1 saturated heterocycles. The third-order valence-electron chi connectivity index (χ3n) is 2.98. The number of hydrogen-bond acceptors (Lipinski definition) is 3. The minimum absolute atomic E-state index is 0. The molecule has 102 valence electrons. The Morgan fingerprint density at radius 3 is 2.44 bits per heavy atom. The number of phenolic OH excluding ortho intramolecular Hbond substituents is 1. The van der Waals surface area contributed by atoms with Gasteiger partial charge in [-0.15, -0.1) is 12.4 Å². The third-order valence-corrected chi connectivity index (χ3v) is 2.98. The summed E-state index contributed by atoms with van der Waals surface area (Å²) in [5.41, 5.74) is 0.823. The van der Waals surface area contributed by atoms with Gasteiger partial charge in [0, 0.05) is 37.8 Å². The normalized spacial score (nSPS) is 24.6. The molecule has 0 aliphatic carbocycles. The van der Waals surface area contributed by atoms with E-state index < -0.39 is 0 Å². The fourth-order valence-corrected chi connectivity index (χ4v) is 2.55. The molecular formula is C13H20ClFN2O. The summed E-state index contributed by atoms with van der Waals surface area (Å²) in [5, 5.41) is 12.8. The van der Waals surface area contributed by atoms with Crippen molar-refractivity contribution in [3.05, 3.63) is 29.6 Å². The minimum atomic E-state index is -0.378. The number of piperazine rings is 1. The van der Waals surface area contributed by atoms with Gasteiger partial charge in [0.05, 0.1) is 0 Å². The van der Waals surface area contributed by atoms with Gasteiger partial charge in [-0.2, -0.15) is 0 Å². The standard InChI is InChI=1S/C13H19FN2O.ClH/c1-9-6-16(7-10(2)15-9)8-11-3-12(14)5-13(17)4-11;/h3-5,9-10,15,17H,6-8H2,1-2H3;1H. The minimum Gasteiger partial charge on any atom is -0.508 e. The van der Waals surface area contributed by atoms with E-state index in [2.05, 4.69) is 24.1 Å². The third kappa shape index (κ3) is 4.12. The van der Waals surface area contributed by atoms with Crippen LogP contribution in [0.2, 0.25) is 0 Å². The van der Waals surface area contributed by atoms with Gasteiger partial charge in [0.2, 0.25) is 0 Å². The smallest absolute Gasteiger partial charge is 0.127 e. The van der Waals surface area contributed by atoms with Crippen molar-refractivity contribution < 1.29 is 9.50 Å². The Kier molecular flexibility index (Phi) is 5.38. The van der Waals surface area contributed by atoms with Crippen molar-refractivity contribution in [2.75, 3.05) is 13.1 Å². The van der Waals surface area contributed by atoms with Crippen LogP contribution in [0.15, 0.2) is 18.2 Å². The fraction of sp³-hybridized carbons (Fsp3) is 0.538. The zero-order valence-electron chi connectivity index (χ0n) is 10.7. The van der Waals surface area contributed by atoms with E-state index in [1.807, 2.05) is 0 Å². The van der Waals surface area contributed by atoms with Crippen LogP contribution in [0.4, 0.5) is 4.39 Å². The van der Waals surface area contributed by atoms with E-state index in [1.165, 1.54) is 6.07 Å². The molecule has 1 aliphatic heterocycles. The molecule has 1 aliphatic rings. The van der Waals surface area contributed by atoms with E-state index in [4.69, 9.17) is 0 Å². The second-order valence-corrected chi connectivity index (χ2v) is 4.98. The van der Waals surface area contributed by atoms with E-state index in [9.17, 15) is 9.50 Å². The van der Waals surface area contributed by atoms with Crippen LogP contribution in [0.25, 0.3) is 0 Å². The summed E-state index contributed by atoms with van der Waals surface area (Å²) in [6, 6.07) is 5.13. The Hall–Kier alpha value is -0.840. The Morgan fingerprint density at radius 1 is 1.28 bits per heavy atom. The summed E-state index contributed by atoms with van der Waals surface area (Å²) in [6.45, 7) is 6.86. The van der Waals surface area contributed by atoms with Crippen LogP contribution in [-0.2, 0) is 6.54 Å². The summed E-state index contributed by atoms with van der Waals surface area (Å²) in [7, 11) is 0. The van der Waals surface area contributed by atoms with Gasteiger partial charge < -0.3 is 10.4 Å². The van der Waals surface area contributed by atoms with Crippen LogP contribution in [0.1, 0.15) is 19.4 Å². The Labute approximate surface area is 113 Å². The molecule has 3 nitrogen and oxygen atoms in total. The average molecular weight is 275 g/mol. The maximum Gasteiger partial charge on any atom is 0.127 e. The molecule has 1 aromatic carbocycles. The number of rotatable bonds is 2. The zero-order chi connectivity index (χ0) is 12.4. The first-order chi connectivity index (χ1) is 8.02. The van der Waals surface area contributed by atoms with Crippen molar-refractivity contribution in [1.82, 2.24) is 10.2 Å². The van der Waals surface area contributed by atoms with Crippen LogP contribution in [-0.4, -0.2) is 35.2 Å². The summed E-state index contributed by atoms with van der Waals surface area (Å²) in [6.07, 6.45) is 0. The highest BCUT2D eigenvalue weighted by Crippen LogP contribution is 2.17. The summed E-state index contributed by atoms with van der Waals surface area (Å²) in [4.78, 5) is 2.28. The maximum absolute atomic E-state index is 13.1. The molecule has 1 fully saturated rings. The topological polar surface area (TPSA) is 35.5 Å². The van der Waals surface area contributed by atoms with Gasteiger partial charge in [0.15, 0.2) is 0 Å². The summed E-state index contributed by atoms with van der Waals surface area (Å²) < 4.78 is 13.1. The van der Waals surface area contributed by atoms with Crippen molar-refractivity contribution in [3.63, 3.8) is 0 Å². The quantitative estimate of drug-likeness (QED) is 0.867. The lowest BCUT2D eigenvalue weighted by atomic mass is 10.1. The first-order valence-electron chi connectivity index (χ1n) is 6.00. The molecule has 2 unspecified atom stereocenters. The molecule has 0 radical (unpaired) electrons. The van der Waals surface area contributed by atoms with Crippen molar-refractivity contribution >= 4 is 12.4 Å². The lowest BCUT2D eigenvalue weighted by Crippen LogP contribution is -2.53. The van der Waals surface area contributed by atoms with Crippen LogP contribution < -0.4 is 5.32 Å². The van der Waals surface area contributed by atoms with Crippen LogP contribution >= 0.6 is 12.4 Å². The molecule has 1 aromatic rings.